The first-order valence-corrected chi connectivity index (χ1v) is 4.73. The van der Waals surface area contributed by atoms with Crippen LogP contribution >= 0.6 is 0 Å². The number of nitrogens with one attached hydrogen (secondary N) is 1. The second-order valence-electron chi connectivity index (χ2n) is 3.94. The molecule has 1 heterocycles. The first-order valence-electron chi connectivity index (χ1n) is 4.73. The molecule has 2 rings (SSSR count). The molecule has 1 saturated carbocycles. The molecule has 0 radical (unpaired) electrons. The molecule has 0 spiro atoms. The summed E-state index contributed by atoms with van der Waals surface area (Å²) in [5.41, 5.74) is 0.676. The molecule has 0 aliphatic heterocycles. The fraction of sp³-hybridized carbons (Fsp3) is 0.500. The third-order valence-corrected chi connectivity index (χ3v) is 2.72. The van der Waals surface area contributed by atoms with Crippen LogP contribution in [0.5, 0.6) is 0 Å². The van der Waals surface area contributed by atoms with Gasteiger partial charge in [0.1, 0.15) is 6.07 Å². The van der Waals surface area contributed by atoms with Crippen molar-refractivity contribution in [2.24, 2.45) is 0 Å². The molecule has 0 amide bonds. The van der Waals surface area contributed by atoms with Crippen LogP contribution < -0.4 is 5.32 Å². The van der Waals surface area contributed by atoms with Crippen molar-refractivity contribution in [3.8, 4) is 6.07 Å². The van der Waals surface area contributed by atoms with E-state index in [4.69, 9.17) is 5.26 Å². The lowest BCUT2D eigenvalue weighted by Gasteiger charge is -2.39. The maximum atomic E-state index is 8.85. The number of rotatable bonds is 2. The fourth-order valence-corrected chi connectivity index (χ4v) is 1.63. The van der Waals surface area contributed by atoms with E-state index in [0.717, 1.165) is 12.8 Å². The van der Waals surface area contributed by atoms with Gasteiger partial charge in [0.05, 0.1) is 11.8 Å². The normalized spacial score (nSPS) is 18.0. The largest absolute Gasteiger partial charge is 0.362 e. The summed E-state index contributed by atoms with van der Waals surface area (Å²) in [6.45, 7) is 2.15. The van der Waals surface area contributed by atoms with Gasteiger partial charge in [0, 0.05) is 5.54 Å². The summed E-state index contributed by atoms with van der Waals surface area (Å²) in [6, 6.07) is 3.78. The van der Waals surface area contributed by atoms with E-state index in [1.165, 1.54) is 12.6 Å². The molecule has 1 aliphatic rings. The van der Waals surface area contributed by atoms with E-state index in [2.05, 4.69) is 28.5 Å². The smallest absolute Gasteiger partial charge is 0.167 e. The predicted molar refractivity (Wildman–Crippen MR) is 52.6 cm³/mol. The monoisotopic (exact) mass is 188 g/mol. The summed E-state index contributed by atoms with van der Waals surface area (Å²) in [4.78, 5) is 0. The van der Waals surface area contributed by atoms with Crippen LogP contribution in [0.4, 0.5) is 5.82 Å². The van der Waals surface area contributed by atoms with E-state index in [0.29, 0.717) is 11.4 Å². The minimum Gasteiger partial charge on any atom is -0.362 e. The minimum absolute atomic E-state index is 0.113. The Morgan fingerprint density at radius 3 is 2.93 bits per heavy atom. The zero-order chi connectivity index (χ0) is 10.0. The van der Waals surface area contributed by atoms with Gasteiger partial charge in [-0.05, 0) is 32.3 Å². The zero-order valence-corrected chi connectivity index (χ0v) is 8.12. The highest BCUT2D eigenvalue weighted by atomic mass is 15.2. The first kappa shape index (κ1) is 8.95. The van der Waals surface area contributed by atoms with Crippen molar-refractivity contribution in [1.82, 2.24) is 10.2 Å². The third kappa shape index (κ3) is 1.53. The van der Waals surface area contributed by atoms with Crippen LogP contribution in [0.1, 0.15) is 31.7 Å². The van der Waals surface area contributed by atoms with Gasteiger partial charge in [-0.15, -0.1) is 5.10 Å². The molecule has 1 fully saturated rings. The summed E-state index contributed by atoms with van der Waals surface area (Å²) in [7, 11) is 0. The Morgan fingerprint density at radius 2 is 2.36 bits per heavy atom. The molecule has 4 heteroatoms. The summed E-state index contributed by atoms with van der Waals surface area (Å²) in [5, 5.41) is 19.8. The van der Waals surface area contributed by atoms with Crippen molar-refractivity contribution in [3.05, 3.63) is 17.8 Å². The Balaban J connectivity index is 2.20. The molecule has 0 atom stereocenters. The summed E-state index contributed by atoms with van der Waals surface area (Å²) >= 11 is 0. The molecule has 4 nitrogen and oxygen atoms in total. The molecule has 72 valence electrons. The van der Waals surface area contributed by atoms with Crippen molar-refractivity contribution in [1.29, 1.82) is 5.26 Å². The van der Waals surface area contributed by atoms with Crippen LogP contribution in [0.2, 0.25) is 0 Å². The Bertz CT molecular complexity index is 376. The topological polar surface area (TPSA) is 61.6 Å². The fourth-order valence-electron chi connectivity index (χ4n) is 1.63. The van der Waals surface area contributed by atoms with Gasteiger partial charge in [0.15, 0.2) is 5.82 Å². The number of anilines is 1. The average Bonchev–Trinajstić information content (AvgIpc) is 2.16. The molecular formula is C10H12N4. The second-order valence-corrected chi connectivity index (χ2v) is 3.94. The maximum absolute atomic E-state index is 8.85. The third-order valence-electron chi connectivity index (χ3n) is 2.72. The summed E-state index contributed by atoms with van der Waals surface area (Å²) < 4.78 is 0. The predicted octanol–water partition coefficient (Wildman–Crippen LogP) is 1.70. The molecule has 14 heavy (non-hydrogen) atoms. The molecule has 0 bridgehead atoms. The molecule has 1 aromatic rings. The van der Waals surface area contributed by atoms with Gasteiger partial charge in [-0.3, -0.25) is 0 Å². The van der Waals surface area contributed by atoms with E-state index in [1.807, 2.05) is 0 Å². The Morgan fingerprint density at radius 1 is 1.57 bits per heavy atom. The number of hydrogen-bond donors (Lipinski definition) is 1. The van der Waals surface area contributed by atoms with Crippen LogP contribution in [-0.2, 0) is 0 Å². The lowest BCUT2D eigenvalue weighted by atomic mass is 9.78. The molecule has 1 N–H and O–H groups in total. The van der Waals surface area contributed by atoms with E-state index in [9.17, 15) is 0 Å². The van der Waals surface area contributed by atoms with E-state index in [1.54, 1.807) is 6.07 Å². The molecule has 1 aliphatic carbocycles. The highest BCUT2D eigenvalue weighted by Crippen LogP contribution is 2.34. The van der Waals surface area contributed by atoms with Crippen molar-refractivity contribution in [3.63, 3.8) is 0 Å². The zero-order valence-electron chi connectivity index (χ0n) is 8.12. The number of aromatic nitrogens is 2. The molecular weight excluding hydrogens is 176 g/mol. The number of nitriles is 1. The Hall–Kier alpha value is -1.63. The quantitative estimate of drug-likeness (QED) is 0.767. The lowest BCUT2D eigenvalue weighted by Crippen LogP contribution is -2.42. The second kappa shape index (κ2) is 3.26. The van der Waals surface area contributed by atoms with Crippen LogP contribution in [0.3, 0.4) is 0 Å². The van der Waals surface area contributed by atoms with Gasteiger partial charge >= 0.3 is 0 Å². The molecule has 0 saturated heterocycles. The Kier molecular flexibility index (Phi) is 2.08. The van der Waals surface area contributed by atoms with E-state index >= 15 is 0 Å². The van der Waals surface area contributed by atoms with Crippen molar-refractivity contribution in [2.75, 3.05) is 5.32 Å². The standard InChI is InChI=1S/C10H12N4/c1-10(4-2-5-10)13-9-8(7-11)3-6-12-14-9/h3,6H,2,4-5H2,1H3,(H,13,14). The highest BCUT2D eigenvalue weighted by Gasteiger charge is 2.32. The van der Waals surface area contributed by atoms with E-state index < -0.39 is 0 Å². The highest BCUT2D eigenvalue weighted by molar-refractivity contribution is 5.52. The average molecular weight is 188 g/mol. The summed E-state index contributed by atoms with van der Waals surface area (Å²) in [5.74, 6) is 0.609. The molecule has 1 aromatic heterocycles. The van der Waals surface area contributed by atoms with Gasteiger partial charge < -0.3 is 5.32 Å². The van der Waals surface area contributed by atoms with Crippen LogP contribution in [0, 0.1) is 11.3 Å². The van der Waals surface area contributed by atoms with Gasteiger partial charge in [-0.2, -0.15) is 10.4 Å². The van der Waals surface area contributed by atoms with Gasteiger partial charge in [-0.1, -0.05) is 0 Å². The summed E-state index contributed by atoms with van der Waals surface area (Å²) in [6.07, 6.45) is 5.04. The molecule has 0 unspecified atom stereocenters. The van der Waals surface area contributed by atoms with Crippen molar-refractivity contribution >= 4 is 5.82 Å². The SMILES string of the molecule is CC1(Nc2nnccc2C#N)CCC1. The minimum atomic E-state index is 0.113. The van der Waals surface area contributed by atoms with Crippen LogP contribution in [-0.4, -0.2) is 15.7 Å². The van der Waals surface area contributed by atoms with Gasteiger partial charge in [0.2, 0.25) is 0 Å². The number of nitrogens with zero attached hydrogens (tertiary/aromatic N) is 3. The van der Waals surface area contributed by atoms with E-state index in [-0.39, 0.29) is 5.54 Å². The molecule has 0 aromatic carbocycles. The van der Waals surface area contributed by atoms with Crippen molar-refractivity contribution in [2.45, 2.75) is 31.7 Å². The first-order chi connectivity index (χ1) is 6.73. The lowest BCUT2D eigenvalue weighted by molar-refractivity contribution is 0.305. The van der Waals surface area contributed by atoms with Crippen LogP contribution in [0.15, 0.2) is 12.3 Å². The maximum Gasteiger partial charge on any atom is 0.167 e. The van der Waals surface area contributed by atoms with Crippen molar-refractivity contribution < 1.29 is 0 Å². The Labute approximate surface area is 83.0 Å². The number of hydrogen-bond acceptors (Lipinski definition) is 4. The van der Waals surface area contributed by atoms with Gasteiger partial charge in [-0.25, -0.2) is 0 Å². The van der Waals surface area contributed by atoms with Gasteiger partial charge in [0.25, 0.3) is 0 Å². The van der Waals surface area contributed by atoms with Crippen LogP contribution in [0.25, 0.3) is 0 Å².